The molecule has 0 spiro atoms. The van der Waals surface area contributed by atoms with Crippen molar-refractivity contribution in [1.29, 1.82) is 0 Å². The first kappa shape index (κ1) is 24.7. The maximum Gasteiger partial charge on any atom is 0.247 e. The van der Waals surface area contributed by atoms with Gasteiger partial charge in [0.15, 0.2) is 0 Å². The highest BCUT2D eigenvalue weighted by atomic mass is 32.2. The maximum absolute atomic E-state index is 13.3. The zero-order chi connectivity index (χ0) is 24.2. The number of carbonyl (C=O) groups excluding carboxylic acids is 2. The number of nitrogens with zero attached hydrogens (tertiary/aromatic N) is 2. The third-order valence-electron chi connectivity index (χ3n) is 5.90. The molecule has 1 saturated heterocycles. The van der Waals surface area contributed by atoms with Gasteiger partial charge in [0.1, 0.15) is 11.3 Å². The predicted octanol–water partition coefficient (Wildman–Crippen LogP) is 2.32. The van der Waals surface area contributed by atoms with Gasteiger partial charge in [-0.15, -0.1) is 0 Å². The largest absolute Gasteiger partial charge is 0.497 e. The zero-order valence-corrected chi connectivity index (χ0v) is 20.3. The van der Waals surface area contributed by atoms with Crippen LogP contribution in [0.3, 0.4) is 0 Å². The number of methoxy groups -OCH3 is 1. The first-order valence-corrected chi connectivity index (χ1v) is 12.3. The van der Waals surface area contributed by atoms with Gasteiger partial charge < -0.3 is 15.0 Å². The number of ether oxygens (including phenoxy) is 1. The molecule has 2 aromatic carbocycles. The molecule has 0 unspecified atom stereocenters. The van der Waals surface area contributed by atoms with Crippen LogP contribution in [0.4, 0.5) is 0 Å². The minimum atomic E-state index is -3.98. The van der Waals surface area contributed by atoms with Crippen molar-refractivity contribution in [1.82, 2.24) is 14.5 Å². The van der Waals surface area contributed by atoms with Crippen LogP contribution in [-0.2, 0) is 26.2 Å². The van der Waals surface area contributed by atoms with Gasteiger partial charge in [0.2, 0.25) is 21.8 Å². The van der Waals surface area contributed by atoms with Crippen LogP contribution in [0.25, 0.3) is 0 Å². The molecule has 1 fully saturated rings. The number of hydrogen-bond acceptors (Lipinski definition) is 5. The van der Waals surface area contributed by atoms with E-state index in [4.69, 9.17) is 4.74 Å². The Morgan fingerprint density at radius 3 is 2.33 bits per heavy atom. The van der Waals surface area contributed by atoms with E-state index in [-0.39, 0.29) is 30.4 Å². The summed E-state index contributed by atoms with van der Waals surface area (Å²) in [6.45, 7) is 5.73. The topological polar surface area (TPSA) is 96.0 Å². The van der Waals surface area contributed by atoms with Gasteiger partial charge in [0, 0.05) is 19.6 Å². The number of sulfonamides is 1. The Balaban J connectivity index is 1.86. The fourth-order valence-electron chi connectivity index (χ4n) is 3.93. The van der Waals surface area contributed by atoms with Crippen LogP contribution in [-0.4, -0.2) is 61.7 Å². The standard InChI is InChI=1S/C24H31N3O5S/c1-5-14-27-22(28)16-26(33(30,31)21-12-10-20(32-4)11-13-21)17-24(27,3)23(29)25-15-19-8-6-18(2)7-9-19/h6-13H,5,14-17H2,1-4H3,(H,25,29)/t24-/m1/s1. The summed E-state index contributed by atoms with van der Waals surface area (Å²) in [5.41, 5.74) is 0.697. The summed E-state index contributed by atoms with van der Waals surface area (Å²) in [5.74, 6) is -0.259. The van der Waals surface area contributed by atoms with Crippen molar-refractivity contribution >= 4 is 21.8 Å². The second-order valence-electron chi connectivity index (χ2n) is 8.44. The van der Waals surface area contributed by atoms with Crippen LogP contribution in [0.2, 0.25) is 0 Å². The molecule has 1 heterocycles. The summed E-state index contributed by atoms with van der Waals surface area (Å²) in [5, 5.41) is 2.89. The molecule has 2 aromatic rings. The van der Waals surface area contributed by atoms with E-state index in [1.165, 1.54) is 24.1 Å². The van der Waals surface area contributed by atoms with Crippen LogP contribution in [0.1, 0.15) is 31.4 Å². The Morgan fingerprint density at radius 1 is 1.12 bits per heavy atom. The summed E-state index contributed by atoms with van der Waals surface area (Å²) in [6.07, 6.45) is 0.651. The van der Waals surface area contributed by atoms with Gasteiger partial charge in [0.05, 0.1) is 18.6 Å². The van der Waals surface area contributed by atoms with Crippen molar-refractivity contribution in [2.45, 2.75) is 44.2 Å². The van der Waals surface area contributed by atoms with Gasteiger partial charge >= 0.3 is 0 Å². The molecule has 0 aromatic heterocycles. The molecular formula is C24H31N3O5S. The van der Waals surface area contributed by atoms with Crippen molar-refractivity contribution in [2.24, 2.45) is 0 Å². The van der Waals surface area contributed by atoms with E-state index in [1.807, 2.05) is 38.1 Å². The number of benzene rings is 2. The number of rotatable bonds is 8. The van der Waals surface area contributed by atoms with E-state index < -0.39 is 21.5 Å². The van der Waals surface area contributed by atoms with Crippen molar-refractivity contribution in [3.05, 3.63) is 59.7 Å². The molecule has 0 saturated carbocycles. The molecule has 8 nitrogen and oxygen atoms in total. The van der Waals surface area contributed by atoms with Gasteiger partial charge in [-0.2, -0.15) is 4.31 Å². The minimum Gasteiger partial charge on any atom is -0.497 e. The van der Waals surface area contributed by atoms with Crippen LogP contribution in [0.5, 0.6) is 5.75 Å². The minimum absolute atomic E-state index is 0.0439. The molecule has 0 aliphatic carbocycles. The lowest BCUT2D eigenvalue weighted by Crippen LogP contribution is -2.69. The van der Waals surface area contributed by atoms with Crippen LogP contribution >= 0.6 is 0 Å². The summed E-state index contributed by atoms with van der Waals surface area (Å²) >= 11 is 0. The van der Waals surface area contributed by atoms with Crippen molar-refractivity contribution < 1.29 is 22.7 Å². The number of carbonyl (C=O) groups is 2. The van der Waals surface area contributed by atoms with Crippen molar-refractivity contribution in [3.8, 4) is 5.75 Å². The number of aryl methyl sites for hydroxylation is 1. The smallest absolute Gasteiger partial charge is 0.247 e. The fourth-order valence-corrected chi connectivity index (χ4v) is 5.41. The Kier molecular flexibility index (Phi) is 7.44. The van der Waals surface area contributed by atoms with Crippen molar-refractivity contribution in [3.63, 3.8) is 0 Å². The maximum atomic E-state index is 13.3. The molecule has 1 atom stereocenters. The lowest BCUT2D eigenvalue weighted by Gasteiger charge is -2.46. The summed E-state index contributed by atoms with van der Waals surface area (Å²) in [7, 11) is -2.49. The van der Waals surface area contributed by atoms with E-state index in [0.717, 1.165) is 15.4 Å². The van der Waals surface area contributed by atoms with E-state index in [1.54, 1.807) is 19.1 Å². The van der Waals surface area contributed by atoms with Crippen LogP contribution < -0.4 is 10.1 Å². The summed E-state index contributed by atoms with van der Waals surface area (Å²) < 4.78 is 32.8. The Morgan fingerprint density at radius 2 is 1.76 bits per heavy atom. The molecule has 33 heavy (non-hydrogen) atoms. The van der Waals surface area contributed by atoms with Gasteiger partial charge in [-0.3, -0.25) is 9.59 Å². The van der Waals surface area contributed by atoms with Gasteiger partial charge in [-0.1, -0.05) is 36.8 Å². The van der Waals surface area contributed by atoms with Gasteiger partial charge in [-0.05, 0) is 50.1 Å². The van der Waals surface area contributed by atoms with Crippen LogP contribution in [0, 0.1) is 6.92 Å². The lowest BCUT2D eigenvalue weighted by molar-refractivity contribution is -0.152. The molecule has 1 N–H and O–H groups in total. The Hall–Kier alpha value is -2.91. The first-order valence-electron chi connectivity index (χ1n) is 10.9. The van der Waals surface area contributed by atoms with E-state index >= 15 is 0 Å². The van der Waals surface area contributed by atoms with Gasteiger partial charge in [-0.25, -0.2) is 8.42 Å². The molecule has 0 bridgehead atoms. The number of piperazine rings is 1. The SMILES string of the molecule is CCCN1C(=O)CN(S(=O)(=O)c2ccc(OC)cc2)C[C@]1(C)C(=O)NCc1ccc(C)cc1. The number of nitrogens with one attached hydrogen (secondary N) is 1. The molecule has 0 radical (unpaired) electrons. The Bertz CT molecular complexity index is 1100. The molecular weight excluding hydrogens is 442 g/mol. The predicted molar refractivity (Wildman–Crippen MR) is 125 cm³/mol. The highest BCUT2D eigenvalue weighted by Gasteiger charge is 2.49. The molecule has 2 amide bonds. The molecule has 1 aliphatic rings. The average molecular weight is 474 g/mol. The lowest BCUT2D eigenvalue weighted by atomic mass is 9.95. The van der Waals surface area contributed by atoms with E-state index in [2.05, 4.69) is 5.32 Å². The molecule has 3 rings (SSSR count). The van der Waals surface area contributed by atoms with Crippen molar-refractivity contribution in [2.75, 3.05) is 26.7 Å². The second-order valence-corrected chi connectivity index (χ2v) is 10.4. The first-order chi connectivity index (χ1) is 15.6. The number of amides is 2. The molecule has 9 heteroatoms. The van der Waals surface area contributed by atoms with E-state index in [0.29, 0.717) is 18.7 Å². The van der Waals surface area contributed by atoms with Gasteiger partial charge in [0.25, 0.3) is 0 Å². The fraction of sp³-hybridized carbons (Fsp3) is 0.417. The third kappa shape index (κ3) is 5.20. The second kappa shape index (κ2) is 9.93. The Labute approximate surface area is 195 Å². The molecule has 1 aliphatic heterocycles. The van der Waals surface area contributed by atoms with E-state index in [9.17, 15) is 18.0 Å². The highest BCUT2D eigenvalue weighted by Crippen LogP contribution is 2.28. The summed E-state index contributed by atoms with van der Waals surface area (Å²) in [4.78, 5) is 27.9. The monoisotopic (exact) mass is 473 g/mol. The normalized spacial score (nSPS) is 19.4. The summed E-state index contributed by atoms with van der Waals surface area (Å²) in [6, 6.07) is 13.7. The zero-order valence-electron chi connectivity index (χ0n) is 19.5. The average Bonchev–Trinajstić information content (AvgIpc) is 2.80. The van der Waals surface area contributed by atoms with Crippen LogP contribution in [0.15, 0.2) is 53.4 Å². The molecule has 178 valence electrons. The number of hydrogen-bond donors (Lipinski definition) is 1. The third-order valence-corrected chi connectivity index (χ3v) is 7.71. The quantitative estimate of drug-likeness (QED) is 0.635. The highest BCUT2D eigenvalue weighted by molar-refractivity contribution is 7.89.